The lowest BCUT2D eigenvalue weighted by atomic mass is 10.1. The van der Waals surface area contributed by atoms with Crippen LogP contribution >= 0.6 is 12.4 Å². The molecule has 0 aromatic heterocycles. The van der Waals surface area contributed by atoms with Crippen LogP contribution in [-0.2, 0) is 6.54 Å². The second kappa shape index (κ2) is 7.35. The zero-order valence-corrected chi connectivity index (χ0v) is 12.3. The lowest BCUT2D eigenvalue weighted by molar-refractivity contribution is -0.385. The van der Waals surface area contributed by atoms with Gasteiger partial charge in [-0.2, -0.15) is 0 Å². The van der Waals surface area contributed by atoms with Crippen LogP contribution in [0.1, 0.15) is 28.8 Å². The van der Waals surface area contributed by atoms with E-state index in [4.69, 9.17) is 11.5 Å². The van der Waals surface area contributed by atoms with E-state index < -0.39 is 10.8 Å². The Kier molecular flexibility index (Phi) is 6.07. The van der Waals surface area contributed by atoms with Gasteiger partial charge >= 0.3 is 0 Å². The molecule has 1 aromatic rings. The van der Waals surface area contributed by atoms with Gasteiger partial charge in [-0.05, 0) is 25.5 Å². The minimum atomic E-state index is -0.666. The summed E-state index contributed by atoms with van der Waals surface area (Å²) >= 11 is 0. The molecule has 8 heteroatoms. The molecule has 0 radical (unpaired) electrons. The third-order valence-corrected chi connectivity index (χ3v) is 3.71. The number of nitrogens with two attached hydrogens (primary N) is 2. The Labute approximate surface area is 128 Å². The van der Waals surface area contributed by atoms with E-state index in [0.29, 0.717) is 18.7 Å². The van der Waals surface area contributed by atoms with Gasteiger partial charge in [0, 0.05) is 36.3 Å². The molecule has 0 bridgehead atoms. The molecule has 7 nitrogen and oxygen atoms in total. The number of hydrogen-bond acceptors (Lipinski definition) is 5. The van der Waals surface area contributed by atoms with Crippen LogP contribution in [0.4, 0.5) is 5.69 Å². The number of rotatable bonds is 5. The average molecular weight is 315 g/mol. The molecule has 4 N–H and O–H groups in total. The maximum atomic E-state index is 11.1. The van der Waals surface area contributed by atoms with Gasteiger partial charge in [-0.3, -0.25) is 19.8 Å². The molecule has 1 fully saturated rings. The van der Waals surface area contributed by atoms with Crippen molar-refractivity contribution in [3.05, 3.63) is 39.4 Å². The first kappa shape index (κ1) is 17.4. The molecular formula is C13H19ClN4O3. The van der Waals surface area contributed by atoms with Crippen molar-refractivity contribution in [1.82, 2.24) is 4.90 Å². The second-order valence-electron chi connectivity index (χ2n) is 4.97. The molecule has 1 heterocycles. The van der Waals surface area contributed by atoms with Crippen LogP contribution in [0, 0.1) is 10.1 Å². The summed E-state index contributed by atoms with van der Waals surface area (Å²) in [5.41, 5.74) is 11.5. The molecule has 1 amide bonds. The van der Waals surface area contributed by atoms with E-state index in [9.17, 15) is 14.9 Å². The van der Waals surface area contributed by atoms with Crippen molar-refractivity contribution in [3.8, 4) is 0 Å². The highest BCUT2D eigenvalue weighted by atomic mass is 35.5. The van der Waals surface area contributed by atoms with Crippen LogP contribution in [0.3, 0.4) is 0 Å². The number of nitro groups is 1. The summed E-state index contributed by atoms with van der Waals surface area (Å²) in [6.45, 7) is 1.90. The maximum absolute atomic E-state index is 11.1. The van der Waals surface area contributed by atoms with Crippen molar-refractivity contribution >= 4 is 24.0 Å². The van der Waals surface area contributed by atoms with Crippen LogP contribution in [0.25, 0.3) is 0 Å². The minimum Gasteiger partial charge on any atom is -0.366 e. The highest BCUT2D eigenvalue weighted by Crippen LogP contribution is 2.25. The lowest BCUT2D eigenvalue weighted by Crippen LogP contribution is -2.35. The van der Waals surface area contributed by atoms with Gasteiger partial charge in [0.2, 0.25) is 5.91 Å². The number of benzene rings is 1. The molecule has 21 heavy (non-hydrogen) atoms. The van der Waals surface area contributed by atoms with Crippen molar-refractivity contribution in [2.75, 3.05) is 13.1 Å². The van der Waals surface area contributed by atoms with E-state index in [0.717, 1.165) is 19.4 Å². The van der Waals surface area contributed by atoms with Crippen molar-refractivity contribution in [2.24, 2.45) is 11.5 Å². The van der Waals surface area contributed by atoms with E-state index in [-0.39, 0.29) is 29.7 Å². The van der Waals surface area contributed by atoms with Crippen LogP contribution in [0.2, 0.25) is 0 Å². The Balaban J connectivity index is 0.00000220. The van der Waals surface area contributed by atoms with Gasteiger partial charge in [-0.25, -0.2) is 0 Å². The van der Waals surface area contributed by atoms with E-state index >= 15 is 0 Å². The zero-order chi connectivity index (χ0) is 14.7. The largest absolute Gasteiger partial charge is 0.366 e. The van der Waals surface area contributed by atoms with Crippen molar-refractivity contribution in [2.45, 2.75) is 25.4 Å². The molecule has 0 spiro atoms. The van der Waals surface area contributed by atoms with Crippen molar-refractivity contribution < 1.29 is 9.72 Å². The first-order chi connectivity index (χ1) is 9.52. The molecule has 1 aliphatic heterocycles. The molecule has 1 saturated heterocycles. The molecule has 1 atom stereocenters. The SMILES string of the molecule is Cl.NCC1CCCN1Cc1ccc(C(N)=O)cc1[N+](=O)[O-]. The summed E-state index contributed by atoms with van der Waals surface area (Å²) in [5, 5.41) is 11.1. The van der Waals surface area contributed by atoms with Gasteiger partial charge in [0.05, 0.1) is 4.92 Å². The standard InChI is InChI=1S/C13H18N4O3.ClH/c14-7-11-2-1-5-16(11)8-10-4-3-9(13(15)18)6-12(10)17(19)20;/h3-4,6,11H,1-2,5,7-8,14H2,(H2,15,18);1H. The molecule has 0 aliphatic carbocycles. The fraction of sp³-hybridized carbons (Fsp3) is 0.462. The Bertz CT molecular complexity index is 538. The smallest absolute Gasteiger partial charge is 0.274 e. The van der Waals surface area contributed by atoms with Gasteiger partial charge in [0.1, 0.15) is 0 Å². The highest BCUT2D eigenvalue weighted by Gasteiger charge is 2.26. The second-order valence-corrected chi connectivity index (χ2v) is 4.97. The van der Waals surface area contributed by atoms with Gasteiger partial charge in [-0.1, -0.05) is 6.07 Å². The predicted molar refractivity (Wildman–Crippen MR) is 81.3 cm³/mol. The van der Waals surface area contributed by atoms with Crippen LogP contribution in [0.5, 0.6) is 0 Å². The van der Waals surface area contributed by atoms with Crippen LogP contribution in [0.15, 0.2) is 18.2 Å². The van der Waals surface area contributed by atoms with Crippen LogP contribution in [-0.4, -0.2) is 34.9 Å². The summed E-state index contributed by atoms with van der Waals surface area (Å²) < 4.78 is 0. The number of primary amides is 1. The number of halogens is 1. The lowest BCUT2D eigenvalue weighted by Gasteiger charge is -2.23. The molecule has 116 valence electrons. The summed E-state index contributed by atoms with van der Waals surface area (Å²) in [6.07, 6.45) is 2.07. The normalized spacial score (nSPS) is 18.2. The molecule has 2 rings (SSSR count). The number of nitrogens with zero attached hydrogens (tertiary/aromatic N) is 2. The van der Waals surface area contributed by atoms with E-state index in [1.807, 2.05) is 0 Å². The van der Waals surface area contributed by atoms with Crippen LogP contribution < -0.4 is 11.5 Å². The fourth-order valence-electron chi connectivity index (χ4n) is 2.61. The number of hydrogen-bond donors (Lipinski definition) is 2. The molecule has 1 aliphatic rings. The Morgan fingerprint density at radius 2 is 2.19 bits per heavy atom. The first-order valence-electron chi connectivity index (χ1n) is 6.54. The predicted octanol–water partition coefficient (Wildman–Crippen LogP) is 1.04. The highest BCUT2D eigenvalue weighted by molar-refractivity contribution is 5.93. The fourth-order valence-corrected chi connectivity index (χ4v) is 2.61. The van der Waals surface area contributed by atoms with Crippen molar-refractivity contribution in [1.29, 1.82) is 0 Å². The Morgan fingerprint density at radius 1 is 1.48 bits per heavy atom. The molecule has 1 unspecified atom stereocenters. The third-order valence-electron chi connectivity index (χ3n) is 3.71. The monoisotopic (exact) mass is 314 g/mol. The molecular weight excluding hydrogens is 296 g/mol. The number of likely N-dealkylation sites (tertiary alicyclic amines) is 1. The minimum absolute atomic E-state index is 0. The number of nitro benzene ring substituents is 1. The topological polar surface area (TPSA) is 115 Å². The van der Waals surface area contributed by atoms with E-state index in [1.165, 1.54) is 12.1 Å². The molecule has 1 aromatic carbocycles. The van der Waals surface area contributed by atoms with Gasteiger partial charge in [0.25, 0.3) is 5.69 Å². The van der Waals surface area contributed by atoms with E-state index in [1.54, 1.807) is 6.07 Å². The third kappa shape index (κ3) is 3.90. The van der Waals surface area contributed by atoms with Gasteiger partial charge < -0.3 is 11.5 Å². The van der Waals surface area contributed by atoms with Crippen molar-refractivity contribution in [3.63, 3.8) is 0 Å². The number of carbonyl (C=O) groups excluding carboxylic acids is 1. The summed E-state index contributed by atoms with van der Waals surface area (Å²) in [5.74, 6) is -0.666. The summed E-state index contributed by atoms with van der Waals surface area (Å²) in [6, 6.07) is 4.64. The Morgan fingerprint density at radius 3 is 2.76 bits per heavy atom. The van der Waals surface area contributed by atoms with E-state index in [2.05, 4.69) is 4.90 Å². The number of carbonyl (C=O) groups is 1. The quantitative estimate of drug-likeness (QED) is 0.622. The maximum Gasteiger partial charge on any atom is 0.274 e. The average Bonchev–Trinajstić information content (AvgIpc) is 2.85. The summed E-state index contributed by atoms with van der Waals surface area (Å²) in [7, 11) is 0. The van der Waals surface area contributed by atoms with Gasteiger partial charge in [-0.15, -0.1) is 12.4 Å². The van der Waals surface area contributed by atoms with Gasteiger partial charge in [0.15, 0.2) is 0 Å². The Hall–Kier alpha value is -1.70. The first-order valence-corrected chi connectivity index (χ1v) is 6.54. The number of amides is 1. The summed E-state index contributed by atoms with van der Waals surface area (Å²) in [4.78, 5) is 23.9. The molecule has 0 saturated carbocycles. The zero-order valence-electron chi connectivity index (χ0n) is 11.5.